The molecule has 0 bridgehead atoms. The van der Waals surface area contributed by atoms with Crippen molar-refractivity contribution in [2.45, 2.75) is 6.92 Å². The average molecular weight is 576 g/mol. The SMILES string of the molecule is CC(=O)Nc1cccc(-c2coc3ncnc(Oc4ccc(NC(=O)c5cccn(-c6ccc(F)cc6)c5=O)cc4)c23)c1. The lowest BCUT2D eigenvalue weighted by Crippen LogP contribution is -2.27. The van der Waals surface area contributed by atoms with Crippen LogP contribution in [0.2, 0.25) is 0 Å². The zero-order valence-corrected chi connectivity index (χ0v) is 22.6. The van der Waals surface area contributed by atoms with Crippen molar-refractivity contribution in [3.05, 3.63) is 125 Å². The van der Waals surface area contributed by atoms with Gasteiger partial charge < -0.3 is 19.8 Å². The average Bonchev–Trinajstić information content (AvgIpc) is 3.44. The molecule has 3 aromatic carbocycles. The number of benzene rings is 3. The summed E-state index contributed by atoms with van der Waals surface area (Å²) in [5, 5.41) is 6.02. The standard InChI is InChI=1S/C32H22FN5O5/c1-19(39)36-23-5-2-4-20(16-23)27-17-42-30-28(27)31(35-18-34-30)43-25-13-9-22(10-14-25)37-29(40)26-6-3-15-38(32(26)41)24-11-7-21(33)8-12-24/h2-18H,1H3,(H,36,39)(H,37,40). The van der Waals surface area contributed by atoms with E-state index in [0.29, 0.717) is 39.5 Å². The van der Waals surface area contributed by atoms with Crippen LogP contribution >= 0.6 is 0 Å². The topological polar surface area (TPSA) is 128 Å². The van der Waals surface area contributed by atoms with Crippen LogP contribution in [0.3, 0.4) is 0 Å². The summed E-state index contributed by atoms with van der Waals surface area (Å²) < 4.78 is 26.3. The molecule has 43 heavy (non-hydrogen) atoms. The maximum atomic E-state index is 13.3. The minimum atomic E-state index is -0.600. The zero-order valence-electron chi connectivity index (χ0n) is 22.6. The number of fused-ring (bicyclic) bond motifs is 1. The van der Waals surface area contributed by atoms with Gasteiger partial charge in [0.1, 0.15) is 35.1 Å². The summed E-state index contributed by atoms with van der Waals surface area (Å²) in [5.74, 6) is -0.540. The molecule has 0 aliphatic rings. The highest BCUT2D eigenvalue weighted by atomic mass is 19.1. The van der Waals surface area contributed by atoms with Crippen molar-refractivity contribution in [1.82, 2.24) is 14.5 Å². The molecule has 6 aromatic rings. The Kier molecular flexibility index (Phi) is 7.19. The van der Waals surface area contributed by atoms with Crippen molar-refractivity contribution in [2.24, 2.45) is 0 Å². The number of hydrogen-bond acceptors (Lipinski definition) is 7. The van der Waals surface area contributed by atoms with Crippen molar-refractivity contribution in [2.75, 3.05) is 10.6 Å². The van der Waals surface area contributed by atoms with Gasteiger partial charge in [-0.1, -0.05) is 12.1 Å². The fourth-order valence-electron chi connectivity index (χ4n) is 4.49. The first-order valence-corrected chi connectivity index (χ1v) is 13.0. The molecular weight excluding hydrogens is 553 g/mol. The number of amides is 2. The number of hydrogen-bond donors (Lipinski definition) is 2. The van der Waals surface area contributed by atoms with Gasteiger partial charge >= 0.3 is 0 Å². The second-order valence-corrected chi connectivity index (χ2v) is 9.42. The van der Waals surface area contributed by atoms with Crippen LogP contribution in [0.5, 0.6) is 11.6 Å². The number of carbonyl (C=O) groups is 2. The first-order chi connectivity index (χ1) is 20.9. The number of halogens is 1. The molecule has 212 valence electrons. The molecule has 2 N–H and O–H groups in total. The smallest absolute Gasteiger partial charge is 0.267 e. The highest BCUT2D eigenvalue weighted by Gasteiger charge is 2.18. The van der Waals surface area contributed by atoms with Gasteiger partial charge in [0.05, 0.1) is 0 Å². The van der Waals surface area contributed by atoms with Gasteiger partial charge in [-0.15, -0.1) is 0 Å². The summed E-state index contributed by atoms with van der Waals surface area (Å²) in [6, 6.07) is 22.2. The minimum absolute atomic E-state index is 0.0782. The van der Waals surface area contributed by atoms with Gasteiger partial charge in [0, 0.05) is 35.7 Å². The van der Waals surface area contributed by atoms with Crippen LogP contribution in [0.15, 0.2) is 113 Å². The van der Waals surface area contributed by atoms with E-state index in [4.69, 9.17) is 9.15 Å². The monoisotopic (exact) mass is 575 g/mol. The number of pyridine rings is 1. The highest BCUT2D eigenvalue weighted by Crippen LogP contribution is 2.37. The Morgan fingerprint density at radius 1 is 0.907 bits per heavy atom. The summed E-state index contributed by atoms with van der Waals surface area (Å²) >= 11 is 0. The minimum Gasteiger partial charge on any atom is -0.445 e. The predicted octanol–water partition coefficient (Wildman–Crippen LogP) is 6.18. The molecule has 0 aliphatic carbocycles. The normalized spacial score (nSPS) is 10.8. The van der Waals surface area contributed by atoms with E-state index < -0.39 is 17.3 Å². The number of furan rings is 1. The molecule has 0 saturated carbocycles. The lowest BCUT2D eigenvalue weighted by Gasteiger charge is -2.10. The van der Waals surface area contributed by atoms with Gasteiger partial charge in [-0.2, -0.15) is 0 Å². The fourth-order valence-corrected chi connectivity index (χ4v) is 4.49. The molecule has 0 radical (unpaired) electrons. The van der Waals surface area contributed by atoms with Crippen LogP contribution in [-0.2, 0) is 4.79 Å². The Labute approximate surface area is 243 Å². The fraction of sp³-hybridized carbons (Fsp3) is 0.0312. The molecule has 0 aliphatic heterocycles. The van der Waals surface area contributed by atoms with Crippen LogP contribution in [0, 0.1) is 5.82 Å². The molecule has 0 saturated heterocycles. The molecule has 3 heterocycles. The second-order valence-electron chi connectivity index (χ2n) is 9.42. The van der Waals surface area contributed by atoms with E-state index in [1.54, 1.807) is 48.7 Å². The van der Waals surface area contributed by atoms with Gasteiger partial charge in [0.15, 0.2) is 0 Å². The summed E-state index contributed by atoms with van der Waals surface area (Å²) in [7, 11) is 0. The number of nitrogens with zero attached hydrogens (tertiary/aromatic N) is 3. The maximum absolute atomic E-state index is 13.3. The van der Waals surface area contributed by atoms with Gasteiger partial charge in [0.25, 0.3) is 11.5 Å². The van der Waals surface area contributed by atoms with Gasteiger partial charge in [-0.05, 0) is 78.4 Å². The first-order valence-electron chi connectivity index (χ1n) is 13.0. The zero-order chi connectivity index (χ0) is 29.9. The van der Waals surface area contributed by atoms with Crippen LogP contribution in [0.1, 0.15) is 17.3 Å². The Hall–Kier alpha value is -6.10. The third kappa shape index (κ3) is 5.72. The van der Waals surface area contributed by atoms with Crippen LogP contribution in [0.4, 0.5) is 15.8 Å². The lowest BCUT2D eigenvalue weighted by molar-refractivity contribution is -0.114. The Morgan fingerprint density at radius 3 is 2.47 bits per heavy atom. The highest BCUT2D eigenvalue weighted by molar-refractivity contribution is 6.04. The molecule has 0 unspecified atom stereocenters. The summed E-state index contributed by atoms with van der Waals surface area (Å²) in [6.45, 7) is 1.43. The number of carbonyl (C=O) groups excluding carboxylic acids is 2. The first kappa shape index (κ1) is 27.1. The molecule has 0 fully saturated rings. The third-order valence-electron chi connectivity index (χ3n) is 6.45. The van der Waals surface area contributed by atoms with Crippen molar-refractivity contribution in [3.8, 4) is 28.4 Å². The van der Waals surface area contributed by atoms with Crippen molar-refractivity contribution < 1.29 is 23.1 Å². The number of nitrogens with one attached hydrogen (secondary N) is 2. The van der Waals surface area contributed by atoms with E-state index in [1.165, 1.54) is 54.3 Å². The number of ether oxygens (including phenoxy) is 1. The lowest BCUT2D eigenvalue weighted by atomic mass is 10.1. The van der Waals surface area contributed by atoms with Crippen molar-refractivity contribution >= 4 is 34.3 Å². The maximum Gasteiger partial charge on any atom is 0.267 e. The van der Waals surface area contributed by atoms with Crippen LogP contribution in [0.25, 0.3) is 27.9 Å². The van der Waals surface area contributed by atoms with E-state index in [9.17, 15) is 18.8 Å². The van der Waals surface area contributed by atoms with Gasteiger partial charge in [-0.3, -0.25) is 19.0 Å². The molecular formula is C32H22FN5O5. The van der Waals surface area contributed by atoms with E-state index in [2.05, 4.69) is 20.6 Å². The van der Waals surface area contributed by atoms with Crippen molar-refractivity contribution in [3.63, 3.8) is 0 Å². The van der Waals surface area contributed by atoms with Gasteiger partial charge in [-0.25, -0.2) is 14.4 Å². The Morgan fingerprint density at radius 2 is 1.70 bits per heavy atom. The summed E-state index contributed by atoms with van der Waals surface area (Å²) in [5.41, 5.74) is 2.63. The van der Waals surface area contributed by atoms with Crippen LogP contribution < -0.4 is 20.9 Å². The summed E-state index contributed by atoms with van der Waals surface area (Å²) in [4.78, 5) is 45.9. The van der Waals surface area contributed by atoms with Crippen molar-refractivity contribution in [1.29, 1.82) is 0 Å². The Bertz CT molecular complexity index is 2040. The van der Waals surface area contributed by atoms with E-state index in [0.717, 1.165) is 5.56 Å². The van der Waals surface area contributed by atoms with Crippen LogP contribution in [-0.4, -0.2) is 26.3 Å². The quantitative estimate of drug-likeness (QED) is 0.233. The Balaban J connectivity index is 1.22. The van der Waals surface area contributed by atoms with E-state index >= 15 is 0 Å². The molecule has 0 atom stereocenters. The molecule has 2 amide bonds. The van der Waals surface area contributed by atoms with Gasteiger partial charge in [0.2, 0.25) is 17.5 Å². The predicted molar refractivity (Wildman–Crippen MR) is 158 cm³/mol. The second kappa shape index (κ2) is 11.4. The molecule has 3 aromatic heterocycles. The summed E-state index contributed by atoms with van der Waals surface area (Å²) in [6.07, 6.45) is 4.38. The largest absolute Gasteiger partial charge is 0.445 e. The number of rotatable bonds is 7. The molecule has 0 spiro atoms. The molecule has 10 nitrogen and oxygen atoms in total. The number of anilines is 2. The van der Waals surface area contributed by atoms with E-state index in [-0.39, 0.29) is 17.4 Å². The molecule has 6 rings (SSSR count). The third-order valence-corrected chi connectivity index (χ3v) is 6.45. The molecule has 11 heteroatoms. The van der Waals surface area contributed by atoms with E-state index in [1.807, 2.05) is 12.1 Å². The number of aromatic nitrogens is 3.